The summed E-state index contributed by atoms with van der Waals surface area (Å²) in [5.74, 6) is 1.79. The molecule has 0 spiro atoms. The van der Waals surface area contributed by atoms with Crippen molar-refractivity contribution in [1.29, 1.82) is 0 Å². The van der Waals surface area contributed by atoms with Crippen LogP contribution in [0.25, 0.3) is 0 Å². The Balaban J connectivity index is 2.16. The summed E-state index contributed by atoms with van der Waals surface area (Å²) < 4.78 is 0.871. The number of hydrogen-bond acceptors (Lipinski definition) is 1. The van der Waals surface area contributed by atoms with Gasteiger partial charge in [-0.15, -0.1) is 0 Å². The molecule has 2 rings (SSSR count). The quantitative estimate of drug-likeness (QED) is 0.668. The lowest BCUT2D eigenvalue weighted by molar-refractivity contribution is 0.0837. The zero-order valence-electron chi connectivity index (χ0n) is 10.7. The normalized spacial score (nSPS) is 28.1. The third-order valence-electron chi connectivity index (χ3n) is 4.12. The van der Waals surface area contributed by atoms with Crippen LogP contribution in [0.2, 0.25) is 5.02 Å². The molecule has 3 unspecified atom stereocenters. The molecule has 1 aliphatic carbocycles. The van der Waals surface area contributed by atoms with Crippen LogP contribution in [0.5, 0.6) is 0 Å². The van der Waals surface area contributed by atoms with Crippen molar-refractivity contribution >= 4 is 33.3 Å². The Morgan fingerprint density at radius 1 is 1.22 bits per heavy atom. The molecule has 1 saturated carbocycles. The van der Waals surface area contributed by atoms with Crippen molar-refractivity contribution in [2.24, 2.45) is 17.8 Å². The van der Waals surface area contributed by atoms with Gasteiger partial charge in [-0.3, -0.25) is 4.79 Å². The van der Waals surface area contributed by atoms with E-state index in [2.05, 4.69) is 29.8 Å². The van der Waals surface area contributed by atoms with E-state index in [1.54, 1.807) is 6.07 Å². The van der Waals surface area contributed by atoms with E-state index in [1.165, 1.54) is 0 Å². The second kappa shape index (κ2) is 5.75. The van der Waals surface area contributed by atoms with Crippen molar-refractivity contribution in [2.75, 3.05) is 0 Å². The summed E-state index contributed by atoms with van der Waals surface area (Å²) >= 11 is 9.39. The van der Waals surface area contributed by atoms with Crippen molar-refractivity contribution in [3.63, 3.8) is 0 Å². The first-order chi connectivity index (χ1) is 8.47. The molecule has 0 amide bonds. The third-order valence-corrected chi connectivity index (χ3v) is 4.79. The highest BCUT2D eigenvalue weighted by Gasteiger charge is 2.29. The van der Waals surface area contributed by atoms with Crippen LogP contribution in [0.1, 0.15) is 43.5 Å². The van der Waals surface area contributed by atoms with Crippen LogP contribution in [-0.2, 0) is 0 Å². The highest BCUT2D eigenvalue weighted by molar-refractivity contribution is 9.10. The maximum Gasteiger partial charge on any atom is 0.166 e. The number of hydrogen-bond donors (Lipinski definition) is 0. The molecule has 0 bridgehead atoms. The van der Waals surface area contributed by atoms with E-state index in [0.29, 0.717) is 10.9 Å². The summed E-state index contributed by atoms with van der Waals surface area (Å²) in [7, 11) is 0. The van der Waals surface area contributed by atoms with Gasteiger partial charge in [0.1, 0.15) is 0 Å². The predicted molar refractivity (Wildman–Crippen MR) is 79.2 cm³/mol. The third kappa shape index (κ3) is 3.16. The average molecular weight is 330 g/mol. The Hall–Kier alpha value is -0.340. The molecule has 0 aliphatic heterocycles. The van der Waals surface area contributed by atoms with Crippen molar-refractivity contribution in [3.05, 3.63) is 33.3 Å². The minimum absolute atomic E-state index is 0.168. The standard InChI is InChI=1S/C15H18BrClO/c1-9-3-4-11(5-10(9)2)15(18)12-6-13(16)8-14(17)7-12/h6-11H,3-5H2,1-2H3. The van der Waals surface area contributed by atoms with Crippen molar-refractivity contribution in [1.82, 2.24) is 0 Å². The number of carbonyl (C=O) groups is 1. The van der Waals surface area contributed by atoms with Gasteiger partial charge in [-0.2, -0.15) is 0 Å². The predicted octanol–water partition coefficient (Wildman–Crippen LogP) is 5.36. The molecule has 1 aromatic rings. The zero-order valence-corrected chi connectivity index (χ0v) is 13.1. The van der Waals surface area contributed by atoms with Crippen molar-refractivity contribution < 1.29 is 4.79 Å². The van der Waals surface area contributed by atoms with Gasteiger partial charge in [-0.25, -0.2) is 0 Å². The number of Topliss-reactive ketones (excluding diaryl/α,β-unsaturated/α-hetero) is 1. The van der Waals surface area contributed by atoms with Gasteiger partial charge in [0.15, 0.2) is 5.78 Å². The minimum Gasteiger partial charge on any atom is -0.294 e. The molecular weight excluding hydrogens is 312 g/mol. The van der Waals surface area contributed by atoms with Crippen LogP contribution in [0.15, 0.2) is 22.7 Å². The number of carbonyl (C=O) groups excluding carboxylic acids is 1. The van der Waals surface area contributed by atoms with E-state index in [-0.39, 0.29) is 11.7 Å². The SMILES string of the molecule is CC1CCC(C(=O)c2cc(Cl)cc(Br)c2)CC1C. The summed E-state index contributed by atoms with van der Waals surface area (Å²) in [6.07, 6.45) is 3.16. The molecule has 1 nitrogen and oxygen atoms in total. The number of ketones is 1. The van der Waals surface area contributed by atoms with Gasteiger partial charge >= 0.3 is 0 Å². The van der Waals surface area contributed by atoms with Crippen LogP contribution >= 0.6 is 27.5 Å². The monoisotopic (exact) mass is 328 g/mol. The van der Waals surface area contributed by atoms with Crippen LogP contribution in [0.4, 0.5) is 0 Å². The summed E-state index contributed by atoms with van der Waals surface area (Å²) in [5, 5.41) is 0.616. The fourth-order valence-corrected chi connectivity index (χ4v) is 3.58. The Labute approximate surface area is 122 Å². The molecule has 98 valence electrons. The molecule has 0 N–H and O–H groups in total. The first-order valence-corrected chi connectivity index (χ1v) is 7.64. The highest BCUT2D eigenvalue weighted by Crippen LogP contribution is 2.35. The fourth-order valence-electron chi connectivity index (χ4n) is 2.72. The van der Waals surface area contributed by atoms with Gasteiger partial charge in [-0.1, -0.05) is 41.4 Å². The minimum atomic E-state index is 0.168. The second-order valence-corrected chi connectivity index (χ2v) is 6.84. The van der Waals surface area contributed by atoms with Crippen LogP contribution in [0.3, 0.4) is 0 Å². The molecule has 3 heteroatoms. The average Bonchev–Trinajstić information content (AvgIpc) is 2.30. The fraction of sp³-hybridized carbons (Fsp3) is 0.533. The Morgan fingerprint density at radius 3 is 2.56 bits per heavy atom. The molecular formula is C15H18BrClO. The van der Waals surface area contributed by atoms with Gasteiger partial charge in [0, 0.05) is 21.0 Å². The van der Waals surface area contributed by atoms with E-state index in [4.69, 9.17) is 11.6 Å². The van der Waals surface area contributed by atoms with E-state index in [9.17, 15) is 4.79 Å². The molecule has 1 fully saturated rings. The van der Waals surface area contributed by atoms with Crippen molar-refractivity contribution in [2.45, 2.75) is 33.1 Å². The smallest absolute Gasteiger partial charge is 0.166 e. The van der Waals surface area contributed by atoms with Crippen LogP contribution in [-0.4, -0.2) is 5.78 Å². The topological polar surface area (TPSA) is 17.1 Å². The van der Waals surface area contributed by atoms with E-state index in [1.807, 2.05) is 12.1 Å². The summed E-state index contributed by atoms with van der Waals surface area (Å²) in [6.45, 7) is 4.53. The van der Waals surface area contributed by atoms with Crippen LogP contribution in [0, 0.1) is 17.8 Å². The molecule has 0 heterocycles. The Bertz CT molecular complexity index is 438. The molecule has 1 aromatic carbocycles. The number of halogens is 2. The van der Waals surface area contributed by atoms with Gasteiger partial charge in [0.05, 0.1) is 0 Å². The van der Waals surface area contributed by atoms with Gasteiger partial charge in [-0.05, 0) is 49.3 Å². The molecule has 1 aliphatic rings. The lowest BCUT2D eigenvalue weighted by atomic mass is 9.73. The first-order valence-electron chi connectivity index (χ1n) is 6.47. The van der Waals surface area contributed by atoms with E-state index in [0.717, 1.165) is 35.2 Å². The Morgan fingerprint density at radius 2 is 1.94 bits per heavy atom. The zero-order chi connectivity index (χ0) is 13.3. The van der Waals surface area contributed by atoms with Gasteiger partial charge in [0.2, 0.25) is 0 Å². The summed E-state index contributed by atoms with van der Waals surface area (Å²) in [6, 6.07) is 5.46. The van der Waals surface area contributed by atoms with Crippen molar-refractivity contribution in [3.8, 4) is 0 Å². The van der Waals surface area contributed by atoms with E-state index < -0.39 is 0 Å². The first kappa shape index (κ1) is 14.1. The van der Waals surface area contributed by atoms with Gasteiger partial charge in [0.25, 0.3) is 0 Å². The summed E-state index contributed by atoms with van der Waals surface area (Å²) in [5.41, 5.74) is 0.737. The Kier molecular flexibility index (Phi) is 4.50. The van der Waals surface area contributed by atoms with Gasteiger partial charge < -0.3 is 0 Å². The molecule has 0 aromatic heterocycles. The highest BCUT2D eigenvalue weighted by atomic mass is 79.9. The second-order valence-electron chi connectivity index (χ2n) is 5.49. The maximum absolute atomic E-state index is 12.5. The lowest BCUT2D eigenvalue weighted by Crippen LogP contribution is -2.26. The van der Waals surface area contributed by atoms with Crippen LogP contribution < -0.4 is 0 Å². The maximum atomic E-state index is 12.5. The molecule has 3 atom stereocenters. The largest absolute Gasteiger partial charge is 0.294 e. The number of rotatable bonds is 2. The lowest BCUT2D eigenvalue weighted by Gasteiger charge is -2.31. The molecule has 18 heavy (non-hydrogen) atoms. The van der Waals surface area contributed by atoms with E-state index >= 15 is 0 Å². The number of benzene rings is 1. The molecule has 0 radical (unpaired) electrons. The molecule has 0 saturated heterocycles. The summed E-state index contributed by atoms with van der Waals surface area (Å²) in [4.78, 5) is 12.5.